The van der Waals surface area contributed by atoms with Crippen LogP contribution in [0.25, 0.3) is 11.1 Å². The van der Waals surface area contributed by atoms with Crippen molar-refractivity contribution in [3.05, 3.63) is 60.8 Å². The van der Waals surface area contributed by atoms with E-state index in [4.69, 9.17) is 4.74 Å². The Balaban J connectivity index is 1.34. The van der Waals surface area contributed by atoms with E-state index in [1.165, 1.54) is 32.4 Å². The third-order valence-electron chi connectivity index (χ3n) is 5.58. The number of nitrogens with one attached hydrogen (secondary N) is 2. The molecule has 0 saturated carbocycles. The minimum atomic E-state index is 0.587. The molecule has 2 heterocycles. The summed E-state index contributed by atoms with van der Waals surface area (Å²) in [5.74, 6) is 2.28. The molecule has 31 heavy (non-hydrogen) atoms. The molecule has 0 atom stereocenters. The highest BCUT2D eigenvalue weighted by molar-refractivity contribution is 5.70. The summed E-state index contributed by atoms with van der Waals surface area (Å²) < 4.78 is 5.34. The smallest absolute Gasteiger partial charge is 0.229 e. The third kappa shape index (κ3) is 6.18. The lowest BCUT2D eigenvalue weighted by molar-refractivity contribution is 0.228. The number of hydrogen-bond donors (Lipinski definition) is 2. The topological polar surface area (TPSA) is 62.3 Å². The molecule has 0 radical (unpaired) electrons. The highest BCUT2D eigenvalue weighted by Gasteiger charge is 2.09. The van der Waals surface area contributed by atoms with Crippen LogP contribution in [0.5, 0.6) is 5.75 Å². The van der Waals surface area contributed by atoms with Gasteiger partial charge in [0.05, 0.1) is 7.11 Å². The van der Waals surface area contributed by atoms with E-state index in [1.807, 2.05) is 36.4 Å². The molecule has 1 saturated heterocycles. The van der Waals surface area contributed by atoms with E-state index < -0.39 is 0 Å². The van der Waals surface area contributed by atoms with Gasteiger partial charge in [-0.2, -0.15) is 4.98 Å². The maximum Gasteiger partial charge on any atom is 0.229 e. The summed E-state index contributed by atoms with van der Waals surface area (Å²) in [6.07, 6.45) is 6.97. The highest BCUT2D eigenvalue weighted by atomic mass is 16.5. The van der Waals surface area contributed by atoms with E-state index in [-0.39, 0.29) is 0 Å². The zero-order chi connectivity index (χ0) is 21.3. The van der Waals surface area contributed by atoms with Crippen LogP contribution in [0.2, 0.25) is 0 Å². The molecule has 0 aliphatic carbocycles. The largest absolute Gasteiger partial charge is 0.497 e. The second-order valence-electron chi connectivity index (χ2n) is 7.89. The molecule has 3 aromatic rings. The van der Waals surface area contributed by atoms with Crippen molar-refractivity contribution >= 4 is 17.5 Å². The van der Waals surface area contributed by atoms with Gasteiger partial charge in [-0.25, -0.2) is 4.98 Å². The summed E-state index contributed by atoms with van der Waals surface area (Å²) in [6.45, 7) is 4.56. The highest BCUT2D eigenvalue weighted by Crippen LogP contribution is 2.27. The molecule has 2 N–H and O–H groups in total. The summed E-state index contributed by atoms with van der Waals surface area (Å²) in [5.41, 5.74) is 3.16. The van der Waals surface area contributed by atoms with Crippen LogP contribution in [0.1, 0.15) is 25.7 Å². The standard InChI is InChI=1S/C25H31N5O/c1-31-23-11-6-9-21(19-23)20-8-5-10-22(18-20)28-25-27-14-12-24(29-25)26-13-7-17-30-15-3-2-4-16-30/h5-6,8-12,14,18-19H,2-4,7,13,15-17H2,1H3,(H2,26,27,28,29). The van der Waals surface area contributed by atoms with Crippen molar-refractivity contribution < 1.29 is 4.74 Å². The molecule has 0 unspecified atom stereocenters. The van der Waals surface area contributed by atoms with E-state index in [9.17, 15) is 0 Å². The Hall–Kier alpha value is -3.12. The Morgan fingerprint density at radius 2 is 1.77 bits per heavy atom. The van der Waals surface area contributed by atoms with Gasteiger partial charge in [0, 0.05) is 18.4 Å². The van der Waals surface area contributed by atoms with Crippen LogP contribution in [-0.4, -0.2) is 48.2 Å². The minimum absolute atomic E-state index is 0.587. The molecule has 2 aromatic carbocycles. The summed E-state index contributed by atoms with van der Waals surface area (Å²) in [5, 5.41) is 6.75. The molecular weight excluding hydrogens is 386 g/mol. The van der Waals surface area contributed by atoms with Gasteiger partial charge in [0.25, 0.3) is 0 Å². The van der Waals surface area contributed by atoms with Gasteiger partial charge in [0.2, 0.25) is 5.95 Å². The number of aromatic nitrogens is 2. The van der Waals surface area contributed by atoms with Crippen LogP contribution in [0.15, 0.2) is 60.8 Å². The van der Waals surface area contributed by atoms with Gasteiger partial charge >= 0.3 is 0 Å². The Morgan fingerprint density at radius 3 is 2.61 bits per heavy atom. The first kappa shape index (κ1) is 21.1. The number of likely N-dealkylation sites (tertiary alicyclic amines) is 1. The summed E-state index contributed by atoms with van der Waals surface area (Å²) >= 11 is 0. The van der Waals surface area contributed by atoms with Crippen molar-refractivity contribution in [3.63, 3.8) is 0 Å². The first-order valence-corrected chi connectivity index (χ1v) is 11.1. The van der Waals surface area contributed by atoms with Crippen LogP contribution >= 0.6 is 0 Å². The SMILES string of the molecule is COc1cccc(-c2cccc(Nc3nccc(NCCCN4CCCCC4)n3)c2)c1. The first-order valence-electron chi connectivity index (χ1n) is 11.1. The third-order valence-corrected chi connectivity index (χ3v) is 5.58. The van der Waals surface area contributed by atoms with E-state index in [1.54, 1.807) is 13.3 Å². The van der Waals surface area contributed by atoms with Gasteiger partial charge in [-0.15, -0.1) is 0 Å². The number of nitrogens with zero attached hydrogens (tertiary/aromatic N) is 3. The zero-order valence-electron chi connectivity index (χ0n) is 18.2. The van der Waals surface area contributed by atoms with Gasteiger partial charge in [0.15, 0.2) is 0 Å². The molecule has 0 bridgehead atoms. The fraction of sp³-hybridized carbons (Fsp3) is 0.360. The summed E-state index contributed by atoms with van der Waals surface area (Å²) in [7, 11) is 1.68. The molecule has 6 heteroatoms. The maximum atomic E-state index is 5.34. The van der Waals surface area contributed by atoms with Crippen molar-refractivity contribution in [2.45, 2.75) is 25.7 Å². The number of methoxy groups -OCH3 is 1. The second kappa shape index (κ2) is 10.8. The predicted octanol–water partition coefficient (Wildman–Crippen LogP) is 5.18. The van der Waals surface area contributed by atoms with E-state index in [2.05, 4.69) is 43.7 Å². The summed E-state index contributed by atoms with van der Waals surface area (Å²) in [6, 6.07) is 18.2. The molecular formula is C25H31N5O. The van der Waals surface area contributed by atoms with Crippen LogP contribution < -0.4 is 15.4 Å². The Labute approximate surface area is 184 Å². The number of anilines is 3. The van der Waals surface area contributed by atoms with Crippen LogP contribution in [0.4, 0.5) is 17.5 Å². The molecule has 162 valence electrons. The zero-order valence-corrected chi connectivity index (χ0v) is 18.2. The molecule has 1 fully saturated rings. The molecule has 0 spiro atoms. The Morgan fingerprint density at radius 1 is 0.968 bits per heavy atom. The average molecular weight is 418 g/mol. The maximum absolute atomic E-state index is 5.34. The minimum Gasteiger partial charge on any atom is -0.497 e. The van der Waals surface area contributed by atoms with Gasteiger partial charge in [-0.3, -0.25) is 0 Å². The summed E-state index contributed by atoms with van der Waals surface area (Å²) in [4.78, 5) is 11.6. The Kier molecular flexibility index (Phi) is 7.34. The normalized spacial score (nSPS) is 14.2. The monoisotopic (exact) mass is 417 g/mol. The lowest BCUT2D eigenvalue weighted by atomic mass is 10.0. The van der Waals surface area contributed by atoms with Gasteiger partial charge in [-0.05, 0) is 80.4 Å². The van der Waals surface area contributed by atoms with Crippen LogP contribution in [0, 0.1) is 0 Å². The van der Waals surface area contributed by atoms with Gasteiger partial charge in [-0.1, -0.05) is 30.7 Å². The number of piperidine rings is 1. The van der Waals surface area contributed by atoms with Crippen LogP contribution in [-0.2, 0) is 0 Å². The average Bonchev–Trinajstić information content (AvgIpc) is 2.83. The van der Waals surface area contributed by atoms with Crippen molar-refractivity contribution in [1.29, 1.82) is 0 Å². The molecule has 4 rings (SSSR count). The lowest BCUT2D eigenvalue weighted by Gasteiger charge is -2.26. The number of rotatable bonds is 9. The number of benzene rings is 2. The van der Waals surface area contributed by atoms with Gasteiger partial charge in [0.1, 0.15) is 11.6 Å². The quantitative estimate of drug-likeness (QED) is 0.468. The number of ether oxygens (including phenoxy) is 1. The van der Waals surface area contributed by atoms with Crippen molar-refractivity contribution in [3.8, 4) is 16.9 Å². The first-order chi connectivity index (χ1) is 15.3. The Bertz CT molecular complexity index is 971. The van der Waals surface area contributed by atoms with Crippen molar-refractivity contribution in [1.82, 2.24) is 14.9 Å². The van der Waals surface area contributed by atoms with Crippen molar-refractivity contribution in [2.75, 3.05) is 43.9 Å². The van der Waals surface area contributed by atoms with Crippen molar-refractivity contribution in [2.24, 2.45) is 0 Å². The van der Waals surface area contributed by atoms with E-state index in [0.717, 1.165) is 47.9 Å². The molecule has 1 aliphatic rings. The van der Waals surface area contributed by atoms with E-state index in [0.29, 0.717) is 5.95 Å². The lowest BCUT2D eigenvalue weighted by Crippen LogP contribution is -2.31. The fourth-order valence-corrected chi connectivity index (χ4v) is 3.93. The second-order valence-corrected chi connectivity index (χ2v) is 7.89. The number of hydrogen-bond acceptors (Lipinski definition) is 6. The van der Waals surface area contributed by atoms with Gasteiger partial charge < -0.3 is 20.3 Å². The predicted molar refractivity (Wildman–Crippen MR) is 127 cm³/mol. The van der Waals surface area contributed by atoms with Crippen LogP contribution in [0.3, 0.4) is 0 Å². The fourth-order valence-electron chi connectivity index (χ4n) is 3.93. The molecule has 0 amide bonds. The van der Waals surface area contributed by atoms with E-state index >= 15 is 0 Å². The molecule has 1 aliphatic heterocycles. The molecule has 6 nitrogen and oxygen atoms in total. The molecule has 1 aromatic heterocycles.